The molecule has 0 heterocycles. The fraction of sp³-hybridized carbons (Fsp3) is 0.417. The molecular formula is C12H15F2NO3. The molecule has 1 rings (SSSR count). The first-order valence-electron chi connectivity index (χ1n) is 5.35. The minimum Gasteiger partial charge on any atom is -0.480 e. The van der Waals surface area contributed by atoms with E-state index in [1.165, 1.54) is 19.2 Å². The molecule has 0 amide bonds. The zero-order valence-corrected chi connectivity index (χ0v) is 10.2. The molecule has 0 saturated carbocycles. The predicted molar refractivity (Wildman–Crippen MR) is 61.2 cm³/mol. The van der Waals surface area contributed by atoms with Gasteiger partial charge in [-0.15, -0.1) is 0 Å². The Morgan fingerprint density at radius 2 is 2.00 bits per heavy atom. The molecule has 0 saturated heterocycles. The molecule has 0 spiro atoms. The van der Waals surface area contributed by atoms with E-state index in [1.54, 1.807) is 6.92 Å². The predicted octanol–water partition coefficient (Wildman–Crippen LogP) is 1.46. The number of ether oxygens (including phenoxy) is 1. The van der Waals surface area contributed by atoms with Crippen molar-refractivity contribution in [2.45, 2.75) is 19.5 Å². The molecule has 1 aromatic carbocycles. The molecule has 1 aromatic rings. The summed E-state index contributed by atoms with van der Waals surface area (Å²) in [5, 5.41) is 11.4. The van der Waals surface area contributed by atoms with Gasteiger partial charge in [0.2, 0.25) is 0 Å². The fourth-order valence-electron chi connectivity index (χ4n) is 1.51. The average molecular weight is 259 g/mol. The summed E-state index contributed by atoms with van der Waals surface area (Å²) in [7, 11) is 1.35. The van der Waals surface area contributed by atoms with E-state index in [2.05, 4.69) is 5.32 Å². The second-order valence-corrected chi connectivity index (χ2v) is 3.93. The summed E-state index contributed by atoms with van der Waals surface area (Å²) in [5.74, 6) is -2.52. The van der Waals surface area contributed by atoms with Crippen molar-refractivity contribution in [1.29, 1.82) is 0 Å². The van der Waals surface area contributed by atoms with Crippen LogP contribution in [0.25, 0.3) is 0 Å². The van der Waals surface area contributed by atoms with Gasteiger partial charge in [-0.2, -0.15) is 0 Å². The van der Waals surface area contributed by atoms with Crippen molar-refractivity contribution in [3.63, 3.8) is 0 Å². The normalized spacial score (nSPS) is 12.4. The molecule has 0 aliphatic heterocycles. The minimum atomic E-state index is -1.13. The molecule has 6 heteroatoms. The number of benzene rings is 1. The summed E-state index contributed by atoms with van der Waals surface area (Å²) in [6.07, 6.45) is 0. The van der Waals surface area contributed by atoms with Crippen LogP contribution in [0.2, 0.25) is 0 Å². The van der Waals surface area contributed by atoms with E-state index in [1.807, 2.05) is 0 Å². The molecule has 0 bridgehead atoms. The Hall–Kier alpha value is -1.53. The molecule has 1 atom stereocenters. The van der Waals surface area contributed by atoms with E-state index in [-0.39, 0.29) is 18.7 Å². The Balaban J connectivity index is 2.76. The number of nitrogens with one attached hydrogen (secondary N) is 1. The summed E-state index contributed by atoms with van der Waals surface area (Å²) in [5.41, 5.74) is 0.295. The van der Waals surface area contributed by atoms with Crippen molar-refractivity contribution in [2.24, 2.45) is 0 Å². The van der Waals surface area contributed by atoms with Gasteiger partial charge >= 0.3 is 5.97 Å². The zero-order valence-electron chi connectivity index (χ0n) is 10.2. The smallest absolute Gasteiger partial charge is 0.323 e. The van der Waals surface area contributed by atoms with Gasteiger partial charge in [-0.1, -0.05) is 0 Å². The lowest BCUT2D eigenvalue weighted by atomic mass is 10.1. The highest BCUT2D eigenvalue weighted by atomic mass is 19.1. The Bertz CT molecular complexity index is 414. The van der Waals surface area contributed by atoms with E-state index in [0.717, 1.165) is 0 Å². The third-order valence-electron chi connectivity index (χ3n) is 2.44. The van der Waals surface area contributed by atoms with Crippen molar-refractivity contribution in [3.05, 3.63) is 34.9 Å². The molecule has 4 nitrogen and oxygen atoms in total. The molecule has 18 heavy (non-hydrogen) atoms. The maximum Gasteiger partial charge on any atom is 0.323 e. The molecular weight excluding hydrogens is 244 g/mol. The monoisotopic (exact) mass is 259 g/mol. The standard InChI is InChI=1S/C12H15F2NO3/c1-7-3-9(13)8(10(14)4-7)5-15-11(6-18-2)12(16)17/h3-4,11,15H,5-6H2,1-2H3,(H,16,17). The van der Waals surface area contributed by atoms with Crippen LogP contribution in [0.15, 0.2) is 12.1 Å². The number of aryl methyl sites for hydroxylation is 1. The van der Waals surface area contributed by atoms with Gasteiger partial charge in [0.05, 0.1) is 6.61 Å². The topological polar surface area (TPSA) is 58.6 Å². The number of carboxylic acids is 1. The summed E-state index contributed by atoms with van der Waals surface area (Å²) < 4.78 is 31.7. The van der Waals surface area contributed by atoms with Crippen LogP contribution >= 0.6 is 0 Å². The lowest BCUT2D eigenvalue weighted by Gasteiger charge is -2.14. The van der Waals surface area contributed by atoms with E-state index in [4.69, 9.17) is 9.84 Å². The molecule has 0 fully saturated rings. The Morgan fingerprint density at radius 3 is 2.44 bits per heavy atom. The van der Waals surface area contributed by atoms with Crippen molar-refractivity contribution in [3.8, 4) is 0 Å². The molecule has 1 unspecified atom stereocenters. The molecule has 2 N–H and O–H groups in total. The van der Waals surface area contributed by atoms with Gasteiger partial charge in [-0.3, -0.25) is 10.1 Å². The van der Waals surface area contributed by atoms with Crippen LogP contribution in [-0.2, 0) is 16.1 Å². The summed E-state index contributed by atoms with van der Waals surface area (Å²) in [6, 6.07) is 1.40. The van der Waals surface area contributed by atoms with Crippen LogP contribution in [0.4, 0.5) is 8.78 Å². The number of hydrogen-bond acceptors (Lipinski definition) is 3. The molecule has 0 radical (unpaired) electrons. The van der Waals surface area contributed by atoms with Crippen molar-refractivity contribution >= 4 is 5.97 Å². The number of methoxy groups -OCH3 is 1. The molecule has 0 aliphatic rings. The van der Waals surface area contributed by atoms with E-state index >= 15 is 0 Å². The van der Waals surface area contributed by atoms with Gasteiger partial charge in [0, 0.05) is 19.2 Å². The SMILES string of the molecule is COCC(NCc1c(F)cc(C)cc1F)C(=O)O. The zero-order chi connectivity index (χ0) is 13.7. The number of hydrogen-bond donors (Lipinski definition) is 2. The first-order valence-corrected chi connectivity index (χ1v) is 5.35. The van der Waals surface area contributed by atoms with Gasteiger partial charge in [0.1, 0.15) is 17.7 Å². The van der Waals surface area contributed by atoms with Crippen LogP contribution < -0.4 is 5.32 Å². The quantitative estimate of drug-likeness (QED) is 0.812. The number of carbonyl (C=O) groups is 1. The third-order valence-corrected chi connectivity index (χ3v) is 2.44. The second kappa shape index (κ2) is 6.42. The van der Waals surface area contributed by atoms with Gasteiger partial charge in [-0.25, -0.2) is 8.78 Å². The summed E-state index contributed by atoms with van der Waals surface area (Å²) >= 11 is 0. The molecule has 100 valence electrons. The summed E-state index contributed by atoms with van der Waals surface area (Å²) in [4.78, 5) is 10.8. The van der Waals surface area contributed by atoms with E-state index in [9.17, 15) is 13.6 Å². The highest BCUT2D eigenvalue weighted by Gasteiger charge is 2.18. The fourth-order valence-corrected chi connectivity index (χ4v) is 1.51. The maximum atomic E-state index is 13.5. The van der Waals surface area contributed by atoms with Gasteiger partial charge in [0.15, 0.2) is 0 Å². The Labute approximate surface area is 104 Å². The van der Waals surface area contributed by atoms with Crippen molar-refractivity contribution in [2.75, 3.05) is 13.7 Å². The summed E-state index contributed by atoms with van der Waals surface area (Å²) in [6.45, 7) is 1.29. The van der Waals surface area contributed by atoms with Gasteiger partial charge in [-0.05, 0) is 24.6 Å². The average Bonchev–Trinajstić information content (AvgIpc) is 2.25. The number of rotatable bonds is 6. The lowest BCUT2D eigenvalue weighted by Crippen LogP contribution is -2.40. The van der Waals surface area contributed by atoms with Gasteiger partial charge in [0.25, 0.3) is 0 Å². The second-order valence-electron chi connectivity index (χ2n) is 3.93. The maximum absolute atomic E-state index is 13.5. The third kappa shape index (κ3) is 3.75. The van der Waals surface area contributed by atoms with Gasteiger partial charge < -0.3 is 9.84 Å². The largest absolute Gasteiger partial charge is 0.480 e. The van der Waals surface area contributed by atoms with Crippen LogP contribution in [0.3, 0.4) is 0 Å². The first kappa shape index (κ1) is 14.5. The van der Waals surface area contributed by atoms with Crippen molar-refractivity contribution < 1.29 is 23.4 Å². The van der Waals surface area contributed by atoms with Crippen LogP contribution in [0.5, 0.6) is 0 Å². The number of aliphatic carboxylic acids is 1. The highest BCUT2D eigenvalue weighted by Crippen LogP contribution is 2.14. The molecule has 0 aromatic heterocycles. The van der Waals surface area contributed by atoms with Crippen LogP contribution in [0.1, 0.15) is 11.1 Å². The number of halogens is 2. The highest BCUT2D eigenvalue weighted by molar-refractivity contribution is 5.73. The van der Waals surface area contributed by atoms with E-state index < -0.39 is 23.6 Å². The Kier molecular flexibility index (Phi) is 5.18. The Morgan fingerprint density at radius 1 is 1.44 bits per heavy atom. The number of carboxylic acid groups (broad SMARTS) is 1. The first-order chi connectivity index (χ1) is 8.45. The van der Waals surface area contributed by atoms with Crippen LogP contribution in [-0.4, -0.2) is 30.8 Å². The lowest BCUT2D eigenvalue weighted by molar-refractivity contribution is -0.140. The molecule has 0 aliphatic carbocycles. The minimum absolute atomic E-state index is 0.0789. The van der Waals surface area contributed by atoms with Crippen molar-refractivity contribution in [1.82, 2.24) is 5.32 Å². The van der Waals surface area contributed by atoms with E-state index in [0.29, 0.717) is 5.56 Å². The van der Waals surface area contributed by atoms with Crippen LogP contribution in [0, 0.1) is 18.6 Å².